The lowest BCUT2D eigenvalue weighted by Crippen LogP contribution is -2.62. The van der Waals surface area contributed by atoms with Gasteiger partial charge in [0.1, 0.15) is 17.6 Å². The Morgan fingerprint density at radius 2 is 1.61 bits per heavy atom. The van der Waals surface area contributed by atoms with Crippen molar-refractivity contribution in [2.24, 2.45) is 0 Å². The van der Waals surface area contributed by atoms with E-state index in [1.165, 1.54) is 28.8 Å². The first-order valence-corrected chi connectivity index (χ1v) is 23.6. The van der Waals surface area contributed by atoms with E-state index < -0.39 is 6.04 Å². The van der Waals surface area contributed by atoms with Crippen molar-refractivity contribution in [1.29, 1.82) is 0 Å². The predicted octanol–water partition coefficient (Wildman–Crippen LogP) is 5.65. The fourth-order valence-electron chi connectivity index (χ4n) is 12.9. The maximum Gasteiger partial charge on any atom is 0.282 e. The molecule has 322 valence electrons. The second-order valence-electron chi connectivity index (χ2n) is 19.6. The lowest BCUT2D eigenvalue weighted by atomic mass is 9.69. The van der Waals surface area contributed by atoms with E-state index in [4.69, 9.17) is 21.3 Å². The molecule has 1 atom stereocenters. The minimum Gasteiger partial charge on any atom is -0.492 e. The van der Waals surface area contributed by atoms with Gasteiger partial charge in [-0.15, -0.1) is 0 Å². The monoisotopic (exact) mass is 855 g/mol. The summed E-state index contributed by atoms with van der Waals surface area (Å²) in [6.07, 6.45) is 10.6. The minimum atomic E-state index is -0.622. The van der Waals surface area contributed by atoms with E-state index in [0.717, 1.165) is 126 Å². The van der Waals surface area contributed by atoms with Crippen LogP contribution in [0.25, 0.3) is 16.6 Å². The van der Waals surface area contributed by atoms with E-state index in [9.17, 15) is 19.2 Å². The van der Waals surface area contributed by atoms with Gasteiger partial charge >= 0.3 is 0 Å². The number of piperidine rings is 3. The molecule has 8 heterocycles. The molecule has 3 amide bonds. The maximum absolute atomic E-state index is 13.4. The molecule has 1 N–H and O–H groups in total. The fourth-order valence-corrected chi connectivity index (χ4v) is 13.1. The van der Waals surface area contributed by atoms with Crippen molar-refractivity contribution < 1.29 is 19.1 Å². The minimum absolute atomic E-state index is 0.0379. The van der Waals surface area contributed by atoms with Crippen LogP contribution in [0.2, 0.25) is 5.02 Å². The fraction of sp³-hybridized carbons (Fsp3) is 0.531. The summed E-state index contributed by atoms with van der Waals surface area (Å²) in [6.45, 7) is 9.76. The Labute approximate surface area is 366 Å². The standard InChI is InChI=1S/C49H54ClN7O5/c50-37-5-4-6-38-42(37)45(60)52-47-49(15-2-1-3-16-49)35-9-7-31(25-40(35)57(38)47)30-13-19-53(20-14-30)23-24-54-26-32(27-54)55-21-17-48(18-22-55)29-62-43-34-28-56(39-11-12-41(58)51-44(39)59)46(61)33(34)8-10-36(43)48/h4-10,25,30,32,39H,1-3,11-24,26-29H2,(H,51,58,59)/t39-/m0/s1. The lowest BCUT2D eigenvalue weighted by Gasteiger charge is -2.49. The number of benzene rings is 3. The van der Waals surface area contributed by atoms with E-state index in [1.807, 2.05) is 18.2 Å². The summed E-state index contributed by atoms with van der Waals surface area (Å²) in [6, 6.07) is 17.0. The zero-order valence-electron chi connectivity index (χ0n) is 35.3. The highest BCUT2D eigenvalue weighted by Gasteiger charge is 2.50. The molecule has 8 aliphatic rings. The van der Waals surface area contributed by atoms with Crippen LogP contribution in [-0.4, -0.2) is 118 Å². The highest BCUT2D eigenvalue weighted by atomic mass is 35.5. The van der Waals surface area contributed by atoms with E-state index in [2.05, 4.69) is 48.8 Å². The van der Waals surface area contributed by atoms with Crippen molar-refractivity contribution in [3.05, 3.63) is 97.5 Å². The Morgan fingerprint density at radius 1 is 0.839 bits per heavy atom. The number of carbonyl (C=O) groups excluding carboxylic acids is 3. The summed E-state index contributed by atoms with van der Waals surface area (Å²) >= 11 is 6.62. The summed E-state index contributed by atoms with van der Waals surface area (Å²) in [7, 11) is 0. The number of fused-ring (bicyclic) bond motifs is 11. The Balaban J connectivity index is 0.645. The highest BCUT2D eigenvalue weighted by Crippen LogP contribution is 2.53. The molecule has 5 fully saturated rings. The molecule has 62 heavy (non-hydrogen) atoms. The Kier molecular flexibility index (Phi) is 9.26. The average Bonchev–Trinajstić information content (AvgIpc) is 3.88. The van der Waals surface area contributed by atoms with Crippen LogP contribution in [0.15, 0.2) is 53.3 Å². The third-order valence-corrected chi connectivity index (χ3v) is 16.8. The topological polar surface area (TPSA) is 120 Å². The van der Waals surface area contributed by atoms with Crippen molar-refractivity contribution in [1.82, 2.24) is 34.5 Å². The first-order chi connectivity index (χ1) is 30.2. The van der Waals surface area contributed by atoms with Gasteiger partial charge in [-0.05, 0) is 112 Å². The average molecular weight is 856 g/mol. The van der Waals surface area contributed by atoms with Crippen molar-refractivity contribution in [2.45, 2.75) is 106 Å². The SMILES string of the molecule is O=C1CC[C@H](N2Cc3c(ccc4c3OCC43CCN(C4CN(CCN5CCC(c6ccc7c(c6)-n6c(nc(=O)c8c(Cl)cccc86)C76CCCCC6)CC5)C4)CC3)C2=O)C(=O)N1. The van der Waals surface area contributed by atoms with Crippen LogP contribution < -0.4 is 15.6 Å². The normalized spacial score (nSPS) is 24.9. The molecule has 0 bridgehead atoms. The van der Waals surface area contributed by atoms with Crippen molar-refractivity contribution >= 4 is 40.2 Å². The Bertz CT molecular complexity index is 2600. The molecule has 0 unspecified atom stereocenters. The second kappa shape index (κ2) is 14.7. The van der Waals surface area contributed by atoms with Crippen molar-refractivity contribution in [2.75, 3.05) is 59.0 Å². The summed E-state index contributed by atoms with van der Waals surface area (Å²) < 4.78 is 8.71. The second-order valence-corrected chi connectivity index (χ2v) is 20.0. The first kappa shape index (κ1) is 39.0. The smallest absolute Gasteiger partial charge is 0.282 e. The molecule has 2 spiro atoms. The number of imide groups is 1. The predicted molar refractivity (Wildman–Crippen MR) is 235 cm³/mol. The van der Waals surface area contributed by atoms with Crippen LogP contribution in [-0.2, 0) is 27.0 Å². The zero-order chi connectivity index (χ0) is 41.9. The van der Waals surface area contributed by atoms with Crippen molar-refractivity contribution in [3.63, 3.8) is 0 Å². The van der Waals surface area contributed by atoms with Gasteiger partial charge in [0.05, 0.1) is 40.2 Å². The summed E-state index contributed by atoms with van der Waals surface area (Å²) in [5.74, 6) is 1.46. The summed E-state index contributed by atoms with van der Waals surface area (Å²) in [5, 5.41) is 3.39. The highest BCUT2D eigenvalue weighted by molar-refractivity contribution is 6.35. The molecule has 1 aromatic heterocycles. The number of carbonyl (C=O) groups is 3. The molecule has 13 heteroatoms. The number of nitrogens with zero attached hydrogens (tertiary/aromatic N) is 6. The van der Waals surface area contributed by atoms with Gasteiger partial charge in [-0.2, -0.15) is 4.98 Å². The van der Waals surface area contributed by atoms with Gasteiger partial charge in [0.2, 0.25) is 11.8 Å². The molecule has 7 aliphatic heterocycles. The first-order valence-electron chi connectivity index (χ1n) is 23.2. The van der Waals surface area contributed by atoms with Gasteiger partial charge < -0.3 is 14.5 Å². The van der Waals surface area contributed by atoms with Crippen LogP contribution in [0.3, 0.4) is 0 Å². The van der Waals surface area contributed by atoms with Gasteiger partial charge in [0, 0.05) is 60.7 Å². The molecule has 4 saturated heterocycles. The molecule has 12 nitrogen and oxygen atoms in total. The van der Waals surface area contributed by atoms with Crippen LogP contribution in [0.4, 0.5) is 0 Å². The maximum atomic E-state index is 13.4. The van der Waals surface area contributed by atoms with Crippen LogP contribution in [0.5, 0.6) is 5.75 Å². The van der Waals surface area contributed by atoms with Crippen molar-refractivity contribution in [3.8, 4) is 11.4 Å². The largest absolute Gasteiger partial charge is 0.492 e. The van der Waals surface area contributed by atoms with Crippen LogP contribution in [0.1, 0.15) is 115 Å². The number of hydrogen-bond donors (Lipinski definition) is 1. The number of hydrogen-bond acceptors (Lipinski definition) is 9. The molecule has 1 saturated carbocycles. The molecule has 4 aromatic rings. The lowest BCUT2D eigenvalue weighted by molar-refractivity contribution is -0.136. The van der Waals surface area contributed by atoms with E-state index >= 15 is 0 Å². The summed E-state index contributed by atoms with van der Waals surface area (Å²) in [5.41, 5.74) is 7.08. The van der Waals surface area contributed by atoms with Crippen LogP contribution >= 0.6 is 11.6 Å². The van der Waals surface area contributed by atoms with Gasteiger partial charge in [0.15, 0.2) is 0 Å². The molecular formula is C49H54ClN7O5. The third kappa shape index (κ3) is 5.99. The zero-order valence-corrected chi connectivity index (χ0v) is 36.1. The Hall–Kier alpha value is -4.62. The molecule has 0 radical (unpaired) electrons. The molecule has 1 aliphatic carbocycles. The number of rotatable bonds is 6. The Morgan fingerprint density at radius 3 is 2.40 bits per heavy atom. The van der Waals surface area contributed by atoms with E-state index in [1.54, 1.807) is 11.0 Å². The van der Waals surface area contributed by atoms with Gasteiger partial charge in [-0.1, -0.05) is 55.1 Å². The van der Waals surface area contributed by atoms with E-state index in [-0.39, 0.29) is 40.5 Å². The molecular weight excluding hydrogens is 802 g/mol. The van der Waals surface area contributed by atoms with Crippen LogP contribution in [0, 0.1) is 0 Å². The summed E-state index contributed by atoms with van der Waals surface area (Å²) in [4.78, 5) is 65.5. The number of aromatic nitrogens is 2. The number of ether oxygens (including phenoxy) is 1. The third-order valence-electron chi connectivity index (χ3n) is 16.5. The van der Waals surface area contributed by atoms with Gasteiger partial charge in [0.25, 0.3) is 11.5 Å². The number of halogens is 1. The number of amides is 3. The van der Waals surface area contributed by atoms with Gasteiger partial charge in [-0.3, -0.25) is 38.9 Å². The number of nitrogens with one attached hydrogen (secondary N) is 1. The molecule has 3 aromatic carbocycles. The van der Waals surface area contributed by atoms with Gasteiger partial charge in [-0.25, -0.2) is 0 Å². The molecule has 12 rings (SSSR count). The quantitative estimate of drug-likeness (QED) is 0.246. The number of likely N-dealkylation sites (tertiary alicyclic amines) is 3. The van der Waals surface area contributed by atoms with E-state index in [0.29, 0.717) is 47.5 Å².